The molecule has 1 fully saturated rings. The summed E-state index contributed by atoms with van der Waals surface area (Å²) in [5.41, 5.74) is 7.87. The van der Waals surface area contributed by atoms with E-state index in [2.05, 4.69) is 33.6 Å². The zero-order chi connectivity index (χ0) is 26.6. The smallest absolute Gasteiger partial charge is 0.220 e. The van der Waals surface area contributed by atoms with E-state index in [0.717, 1.165) is 25.8 Å². The molecule has 0 bridgehead atoms. The van der Waals surface area contributed by atoms with Crippen molar-refractivity contribution in [1.29, 1.82) is 0 Å². The highest BCUT2D eigenvalue weighted by Crippen LogP contribution is 2.30. The van der Waals surface area contributed by atoms with Gasteiger partial charge >= 0.3 is 0 Å². The van der Waals surface area contributed by atoms with Crippen molar-refractivity contribution < 1.29 is 23.8 Å². The number of hydrogen-bond acceptors (Lipinski definition) is 8. The molecule has 4 N–H and O–H groups in total. The number of amides is 2. The largest absolute Gasteiger partial charge is 0.379 e. The third kappa shape index (κ3) is 14.4. The number of hydrogen-bond donors (Lipinski definition) is 3. The zero-order valence-electron chi connectivity index (χ0n) is 22.6. The molecule has 1 aromatic heterocycles. The molecule has 2 heterocycles. The van der Waals surface area contributed by atoms with Crippen molar-refractivity contribution in [2.24, 2.45) is 5.73 Å². The van der Waals surface area contributed by atoms with Crippen LogP contribution in [-0.2, 0) is 30.2 Å². The van der Waals surface area contributed by atoms with Gasteiger partial charge in [0, 0.05) is 57.6 Å². The number of carbonyl (C=O) groups is 2. The van der Waals surface area contributed by atoms with Crippen LogP contribution in [0.2, 0.25) is 0 Å². The Balaban J connectivity index is 1.40. The number of aromatic nitrogens is 1. The number of rotatable bonds is 21. The molecular weight excluding hydrogens is 474 g/mol. The summed E-state index contributed by atoms with van der Waals surface area (Å²) in [6.07, 6.45) is 9.97. The Hall–Kier alpha value is -2.11. The lowest BCUT2D eigenvalue weighted by molar-refractivity contribution is -0.126. The number of nitrogens with one attached hydrogen (secondary N) is 2. The molecule has 0 spiro atoms. The van der Waals surface area contributed by atoms with Gasteiger partial charge in [-0.3, -0.25) is 19.5 Å². The van der Waals surface area contributed by atoms with E-state index < -0.39 is 0 Å². The third-order valence-electron chi connectivity index (χ3n) is 6.29. The van der Waals surface area contributed by atoms with E-state index in [0.29, 0.717) is 71.7 Å². The van der Waals surface area contributed by atoms with Crippen LogP contribution >= 0.6 is 0 Å². The van der Waals surface area contributed by atoms with E-state index in [1.54, 1.807) is 0 Å². The monoisotopic (exact) mass is 521 g/mol. The lowest BCUT2D eigenvalue weighted by Crippen LogP contribution is -2.29. The Kier molecular flexibility index (Phi) is 16.8. The first kappa shape index (κ1) is 31.1. The highest BCUT2D eigenvalue weighted by Gasteiger charge is 2.22. The fourth-order valence-corrected chi connectivity index (χ4v) is 4.21. The topological polar surface area (TPSA) is 128 Å². The molecule has 1 unspecified atom stereocenters. The van der Waals surface area contributed by atoms with Gasteiger partial charge in [0.1, 0.15) is 0 Å². The fourth-order valence-electron chi connectivity index (χ4n) is 4.21. The number of aryl methyl sites for hydroxylation is 1. The average Bonchev–Trinajstić information content (AvgIpc) is 3.34. The van der Waals surface area contributed by atoms with Gasteiger partial charge < -0.3 is 30.6 Å². The van der Waals surface area contributed by atoms with Crippen LogP contribution in [0.4, 0.5) is 0 Å². The van der Waals surface area contributed by atoms with E-state index in [1.165, 1.54) is 24.0 Å². The molecule has 1 saturated heterocycles. The molecule has 2 rings (SSSR count). The summed E-state index contributed by atoms with van der Waals surface area (Å²) in [4.78, 5) is 30.8. The molecule has 210 valence electrons. The summed E-state index contributed by atoms with van der Waals surface area (Å²) in [7, 11) is 2.16. The number of ether oxygens (including phenoxy) is 3. The summed E-state index contributed by atoms with van der Waals surface area (Å²) in [6.45, 7) is 6.24. The quantitative estimate of drug-likeness (QED) is 0.208. The van der Waals surface area contributed by atoms with E-state index in [4.69, 9.17) is 19.9 Å². The highest BCUT2D eigenvalue weighted by atomic mass is 16.5. The Morgan fingerprint density at radius 1 is 0.946 bits per heavy atom. The van der Waals surface area contributed by atoms with Crippen LogP contribution in [0.5, 0.6) is 0 Å². The summed E-state index contributed by atoms with van der Waals surface area (Å²) in [6, 6.07) is 2.71. The molecule has 37 heavy (non-hydrogen) atoms. The Bertz CT molecular complexity index is 766. The molecule has 1 aromatic rings. The van der Waals surface area contributed by atoms with Crippen LogP contribution in [0.3, 0.4) is 0 Å². The lowest BCUT2D eigenvalue weighted by Gasteiger charge is -2.19. The minimum absolute atomic E-state index is 0.0947. The maximum atomic E-state index is 12.1. The molecule has 10 heteroatoms. The lowest BCUT2D eigenvalue weighted by atomic mass is 10.0. The summed E-state index contributed by atoms with van der Waals surface area (Å²) in [5.74, 6) is -0.212. The third-order valence-corrected chi connectivity index (χ3v) is 6.29. The first-order valence-corrected chi connectivity index (χ1v) is 13.7. The standard InChI is InChI=1S/C27H47N5O5/c1-32-13-3-7-25(32)24-20-23(21-29-22-24)6-2-11-30-26(33)8-9-27(34)31-12-5-15-36-17-19-37-18-16-35-14-4-10-28/h20-22,25H,2-19,28H2,1H3,(H,30,33)(H,31,34). The van der Waals surface area contributed by atoms with Crippen LogP contribution < -0.4 is 16.4 Å². The van der Waals surface area contributed by atoms with Gasteiger partial charge in [-0.2, -0.15) is 0 Å². The van der Waals surface area contributed by atoms with Crippen molar-refractivity contribution in [3.05, 3.63) is 29.6 Å². The number of nitrogens with zero attached hydrogens (tertiary/aromatic N) is 2. The molecule has 0 saturated carbocycles. The second-order valence-corrected chi connectivity index (χ2v) is 9.40. The van der Waals surface area contributed by atoms with Gasteiger partial charge in [-0.15, -0.1) is 0 Å². The first-order valence-electron chi connectivity index (χ1n) is 13.7. The van der Waals surface area contributed by atoms with Gasteiger partial charge in [0.2, 0.25) is 11.8 Å². The normalized spacial score (nSPS) is 15.7. The SMILES string of the molecule is CN1CCCC1c1cncc(CCCNC(=O)CCC(=O)NCCCOCCOCCOCCCN)c1. The van der Waals surface area contributed by atoms with Crippen molar-refractivity contribution in [2.45, 2.75) is 57.4 Å². The molecule has 1 aliphatic rings. The van der Waals surface area contributed by atoms with Gasteiger partial charge in [-0.25, -0.2) is 0 Å². The molecule has 0 aromatic carbocycles. The van der Waals surface area contributed by atoms with Crippen LogP contribution in [0.15, 0.2) is 18.5 Å². The molecule has 2 amide bonds. The van der Waals surface area contributed by atoms with E-state index >= 15 is 0 Å². The minimum Gasteiger partial charge on any atom is -0.379 e. The van der Waals surface area contributed by atoms with Crippen LogP contribution in [0.1, 0.15) is 62.1 Å². The molecule has 1 atom stereocenters. The fraction of sp³-hybridized carbons (Fsp3) is 0.741. The maximum absolute atomic E-state index is 12.1. The van der Waals surface area contributed by atoms with Gasteiger partial charge in [0.15, 0.2) is 0 Å². The van der Waals surface area contributed by atoms with Crippen LogP contribution in [-0.4, -0.2) is 94.6 Å². The summed E-state index contributed by atoms with van der Waals surface area (Å²) >= 11 is 0. The predicted octanol–water partition coefficient (Wildman–Crippen LogP) is 1.58. The van der Waals surface area contributed by atoms with Gasteiger partial charge in [-0.05, 0) is 69.8 Å². The van der Waals surface area contributed by atoms with Crippen molar-refractivity contribution in [3.63, 3.8) is 0 Å². The molecule has 10 nitrogen and oxygen atoms in total. The van der Waals surface area contributed by atoms with E-state index in [-0.39, 0.29) is 24.7 Å². The summed E-state index contributed by atoms with van der Waals surface area (Å²) < 4.78 is 16.2. The van der Waals surface area contributed by atoms with Crippen LogP contribution in [0, 0.1) is 0 Å². The number of nitrogens with two attached hydrogens (primary N) is 1. The maximum Gasteiger partial charge on any atom is 0.220 e. The predicted molar refractivity (Wildman–Crippen MR) is 143 cm³/mol. The van der Waals surface area contributed by atoms with Crippen molar-refractivity contribution in [1.82, 2.24) is 20.5 Å². The van der Waals surface area contributed by atoms with Crippen molar-refractivity contribution in [3.8, 4) is 0 Å². The van der Waals surface area contributed by atoms with E-state index in [1.807, 2.05) is 12.4 Å². The second kappa shape index (κ2) is 19.9. The molecule has 0 radical (unpaired) electrons. The molecule has 1 aliphatic heterocycles. The summed E-state index contributed by atoms with van der Waals surface area (Å²) in [5, 5.41) is 5.74. The van der Waals surface area contributed by atoms with Gasteiger partial charge in [-0.1, -0.05) is 6.07 Å². The molecular formula is C27H47N5O5. The highest BCUT2D eigenvalue weighted by molar-refractivity contribution is 5.83. The Labute approximate surface area is 222 Å². The van der Waals surface area contributed by atoms with Gasteiger partial charge in [0.25, 0.3) is 0 Å². The first-order chi connectivity index (χ1) is 18.1. The van der Waals surface area contributed by atoms with E-state index in [9.17, 15) is 9.59 Å². The Morgan fingerprint density at radius 2 is 1.57 bits per heavy atom. The van der Waals surface area contributed by atoms with Gasteiger partial charge in [0.05, 0.1) is 26.4 Å². The molecule has 0 aliphatic carbocycles. The average molecular weight is 522 g/mol. The zero-order valence-corrected chi connectivity index (χ0v) is 22.6. The number of pyridine rings is 1. The number of likely N-dealkylation sites (tertiary alicyclic amines) is 1. The van der Waals surface area contributed by atoms with Crippen molar-refractivity contribution in [2.75, 3.05) is 72.9 Å². The Morgan fingerprint density at radius 3 is 2.19 bits per heavy atom. The number of carbonyl (C=O) groups excluding carboxylic acids is 2. The second-order valence-electron chi connectivity index (χ2n) is 9.40. The van der Waals surface area contributed by atoms with Crippen molar-refractivity contribution >= 4 is 11.8 Å². The van der Waals surface area contributed by atoms with Crippen LogP contribution in [0.25, 0.3) is 0 Å². The minimum atomic E-state index is -0.118.